The Kier molecular flexibility index (Phi) is 15.7. The van der Waals surface area contributed by atoms with E-state index in [4.69, 9.17) is 4.74 Å². The quantitative estimate of drug-likeness (QED) is 0.238. The van der Waals surface area contributed by atoms with Gasteiger partial charge in [-0.25, -0.2) is 0 Å². The van der Waals surface area contributed by atoms with Crippen molar-refractivity contribution in [1.29, 1.82) is 0 Å². The molecule has 148 valence electrons. The van der Waals surface area contributed by atoms with Gasteiger partial charge in [-0.2, -0.15) is 0 Å². The van der Waals surface area contributed by atoms with E-state index in [9.17, 15) is 15.0 Å². The van der Waals surface area contributed by atoms with Gasteiger partial charge < -0.3 is 14.9 Å². The van der Waals surface area contributed by atoms with Gasteiger partial charge in [0.25, 0.3) is 0 Å². The number of hydrogen-bond donors (Lipinski definition) is 2. The van der Waals surface area contributed by atoms with Crippen LogP contribution in [0, 0.1) is 0 Å². The number of unbranched alkanes of at least 4 members (excludes halogenated alkanes) is 4. The van der Waals surface area contributed by atoms with E-state index in [1.165, 1.54) is 18.9 Å². The minimum absolute atomic E-state index is 0.284. The molecule has 26 heavy (non-hydrogen) atoms. The third-order valence-electron chi connectivity index (χ3n) is 3.91. The summed E-state index contributed by atoms with van der Waals surface area (Å²) in [5.74, 6) is -0.284. The van der Waals surface area contributed by atoms with E-state index in [1.54, 1.807) is 18.2 Å². The summed E-state index contributed by atoms with van der Waals surface area (Å²) in [6, 6.07) is 0. The molecule has 0 fully saturated rings. The highest BCUT2D eigenvalue weighted by atomic mass is 16.5. The first kappa shape index (κ1) is 24.4. The number of aliphatic hydroxyl groups excluding tert-OH is 2. The minimum Gasteiger partial charge on any atom is -0.458 e. The van der Waals surface area contributed by atoms with Crippen LogP contribution in [0.25, 0.3) is 0 Å². The molecular weight excluding hydrogens is 328 g/mol. The van der Waals surface area contributed by atoms with Crippen LogP contribution in [0.2, 0.25) is 0 Å². The molecule has 0 unspecified atom stereocenters. The normalized spacial score (nSPS) is 15.0. The molecule has 4 heteroatoms. The number of esters is 1. The molecule has 0 aromatic heterocycles. The molecule has 0 aliphatic carbocycles. The Morgan fingerprint density at radius 2 is 1.77 bits per heavy atom. The lowest BCUT2D eigenvalue weighted by atomic mass is 10.1. The van der Waals surface area contributed by atoms with E-state index < -0.39 is 18.3 Å². The molecule has 0 heterocycles. The number of hydrogen-bond acceptors (Lipinski definition) is 4. The molecule has 0 rings (SSSR count). The zero-order valence-corrected chi connectivity index (χ0v) is 16.2. The molecule has 0 amide bonds. The maximum absolute atomic E-state index is 11.8. The van der Waals surface area contributed by atoms with Crippen LogP contribution < -0.4 is 0 Å². The van der Waals surface area contributed by atoms with Gasteiger partial charge in [-0.05, 0) is 38.2 Å². The van der Waals surface area contributed by atoms with Crippen LogP contribution in [0.1, 0.15) is 64.7 Å². The molecule has 0 aliphatic rings. The Balaban J connectivity index is 4.33. The van der Waals surface area contributed by atoms with Gasteiger partial charge >= 0.3 is 5.97 Å². The van der Waals surface area contributed by atoms with E-state index in [0.717, 1.165) is 19.3 Å². The summed E-state index contributed by atoms with van der Waals surface area (Å²) in [6.45, 7) is 9.44. The van der Waals surface area contributed by atoms with Crippen molar-refractivity contribution in [3.63, 3.8) is 0 Å². The number of rotatable bonds is 16. The van der Waals surface area contributed by atoms with Gasteiger partial charge in [-0.15, -0.1) is 13.2 Å². The van der Waals surface area contributed by atoms with Crippen molar-refractivity contribution >= 4 is 5.97 Å². The van der Waals surface area contributed by atoms with E-state index in [2.05, 4.69) is 20.1 Å². The monoisotopic (exact) mass is 364 g/mol. The molecule has 0 aromatic rings. The highest BCUT2D eigenvalue weighted by Gasteiger charge is 2.14. The lowest BCUT2D eigenvalue weighted by molar-refractivity contribution is -0.146. The third kappa shape index (κ3) is 13.6. The first-order chi connectivity index (χ1) is 12.5. The van der Waals surface area contributed by atoms with Crippen molar-refractivity contribution in [2.75, 3.05) is 0 Å². The molecule has 0 spiro atoms. The Morgan fingerprint density at radius 1 is 1.00 bits per heavy atom. The number of ether oxygens (including phenoxy) is 1. The van der Waals surface area contributed by atoms with Gasteiger partial charge in [0.1, 0.15) is 6.10 Å². The van der Waals surface area contributed by atoms with Gasteiger partial charge in [-0.3, -0.25) is 4.79 Å². The zero-order chi connectivity index (χ0) is 19.6. The number of carbonyl (C=O) groups is 1. The maximum atomic E-state index is 11.8. The van der Waals surface area contributed by atoms with Crippen LogP contribution in [0.4, 0.5) is 0 Å². The molecule has 3 atom stereocenters. The third-order valence-corrected chi connectivity index (χ3v) is 3.91. The highest BCUT2D eigenvalue weighted by Crippen LogP contribution is 2.09. The van der Waals surface area contributed by atoms with Gasteiger partial charge in [0.15, 0.2) is 0 Å². The summed E-state index contributed by atoms with van der Waals surface area (Å²) in [6.07, 6.45) is 15.3. The summed E-state index contributed by atoms with van der Waals surface area (Å²) in [5, 5.41) is 20.0. The summed E-state index contributed by atoms with van der Waals surface area (Å²) in [5.41, 5.74) is 0. The second-order valence-corrected chi connectivity index (χ2v) is 6.38. The molecular formula is C22H36O4. The SMILES string of the molecule is C=CCCCC(=O)O[C@H](/C=C/[C@H](O)[C@H](O)C/C=C\CCCCC)CC=C. The molecule has 0 saturated carbocycles. The summed E-state index contributed by atoms with van der Waals surface area (Å²) >= 11 is 0. The fourth-order valence-electron chi connectivity index (χ4n) is 2.32. The van der Waals surface area contributed by atoms with Gasteiger partial charge in [0.2, 0.25) is 0 Å². The van der Waals surface area contributed by atoms with Gasteiger partial charge in [-0.1, -0.05) is 50.1 Å². The topological polar surface area (TPSA) is 66.8 Å². The summed E-state index contributed by atoms with van der Waals surface area (Å²) in [4.78, 5) is 11.8. The molecule has 0 bridgehead atoms. The van der Waals surface area contributed by atoms with Crippen molar-refractivity contribution in [2.24, 2.45) is 0 Å². The molecule has 0 aliphatic heterocycles. The lowest BCUT2D eigenvalue weighted by Crippen LogP contribution is -2.24. The Labute approximate surface area is 159 Å². The predicted molar refractivity (Wildman–Crippen MR) is 108 cm³/mol. The van der Waals surface area contributed by atoms with Crippen LogP contribution in [-0.2, 0) is 9.53 Å². The second-order valence-electron chi connectivity index (χ2n) is 6.38. The smallest absolute Gasteiger partial charge is 0.306 e. The number of allylic oxidation sites excluding steroid dienone is 2. The largest absolute Gasteiger partial charge is 0.458 e. The van der Waals surface area contributed by atoms with Crippen molar-refractivity contribution in [2.45, 2.75) is 83.0 Å². The molecule has 2 N–H and O–H groups in total. The average Bonchev–Trinajstić information content (AvgIpc) is 2.62. The van der Waals surface area contributed by atoms with E-state index in [1.807, 2.05) is 12.2 Å². The van der Waals surface area contributed by atoms with Crippen LogP contribution in [0.5, 0.6) is 0 Å². The molecule has 0 saturated heterocycles. The van der Waals surface area contributed by atoms with E-state index >= 15 is 0 Å². The fraction of sp³-hybridized carbons (Fsp3) is 0.591. The Hall–Kier alpha value is -1.65. The van der Waals surface area contributed by atoms with Crippen LogP contribution in [0.15, 0.2) is 49.6 Å². The van der Waals surface area contributed by atoms with Crippen molar-refractivity contribution in [3.05, 3.63) is 49.6 Å². The van der Waals surface area contributed by atoms with Crippen molar-refractivity contribution in [3.8, 4) is 0 Å². The maximum Gasteiger partial charge on any atom is 0.306 e. The Morgan fingerprint density at radius 3 is 2.42 bits per heavy atom. The average molecular weight is 365 g/mol. The van der Waals surface area contributed by atoms with E-state index in [0.29, 0.717) is 25.7 Å². The van der Waals surface area contributed by atoms with Crippen LogP contribution in [-0.4, -0.2) is 34.5 Å². The zero-order valence-electron chi connectivity index (χ0n) is 16.2. The predicted octanol–water partition coefficient (Wildman–Crippen LogP) is 4.64. The second kappa shape index (κ2) is 16.8. The first-order valence-electron chi connectivity index (χ1n) is 9.65. The van der Waals surface area contributed by atoms with Crippen molar-refractivity contribution < 1.29 is 19.7 Å². The van der Waals surface area contributed by atoms with Crippen LogP contribution >= 0.6 is 0 Å². The van der Waals surface area contributed by atoms with Crippen LogP contribution in [0.3, 0.4) is 0 Å². The standard InChI is InChI=1S/C22H36O4/c1-4-7-9-10-11-13-15-20(23)21(24)18-17-19(14-6-3)26-22(25)16-12-8-5-2/h5-6,11,13,17-21,23-24H,2-4,7-10,12,14-16H2,1H3/b13-11-,18-17+/t19-,20+,21-/m0/s1. The van der Waals surface area contributed by atoms with Gasteiger partial charge in [0, 0.05) is 12.8 Å². The number of carbonyl (C=O) groups excluding carboxylic acids is 1. The van der Waals surface area contributed by atoms with E-state index in [-0.39, 0.29) is 5.97 Å². The first-order valence-corrected chi connectivity index (χ1v) is 9.65. The molecule has 4 nitrogen and oxygen atoms in total. The van der Waals surface area contributed by atoms with Gasteiger partial charge in [0.05, 0.1) is 12.2 Å². The summed E-state index contributed by atoms with van der Waals surface area (Å²) in [7, 11) is 0. The minimum atomic E-state index is -0.998. The highest BCUT2D eigenvalue weighted by molar-refractivity contribution is 5.69. The Bertz CT molecular complexity index is 439. The fourth-order valence-corrected chi connectivity index (χ4v) is 2.32. The molecule has 0 radical (unpaired) electrons. The lowest BCUT2D eigenvalue weighted by Gasteiger charge is -2.15. The number of aliphatic hydroxyl groups is 2. The molecule has 0 aromatic carbocycles. The van der Waals surface area contributed by atoms with Crippen molar-refractivity contribution in [1.82, 2.24) is 0 Å². The summed E-state index contributed by atoms with van der Waals surface area (Å²) < 4.78 is 5.37.